The summed E-state index contributed by atoms with van der Waals surface area (Å²) >= 11 is 0. The topological polar surface area (TPSA) is 102 Å². The lowest BCUT2D eigenvalue weighted by Crippen LogP contribution is -3.00. The summed E-state index contributed by atoms with van der Waals surface area (Å²) in [5, 5.41) is 18.0. The van der Waals surface area contributed by atoms with Gasteiger partial charge in [0.2, 0.25) is 5.60 Å². The SMILES string of the molecule is C[N+]1(CC(=O)Nc2ccon2)CCCC(COC(=O)C(O)(c2ccccc2)c2ccccc2)C1.[Br-]. The molecule has 0 radical (unpaired) electrons. The Labute approximate surface area is 215 Å². The summed E-state index contributed by atoms with van der Waals surface area (Å²) in [6, 6.07) is 19.3. The van der Waals surface area contributed by atoms with Gasteiger partial charge in [-0.2, -0.15) is 0 Å². The highest BCUT2D eigenvalue weighted by Crippen LogP contribution is 2.32. The third-order valence-electron chi connectivity index (χ3n) is 6.37. The van der Waals surface area contributed by atoms with Gasteiger partial charge in [0.25, 0.3) is 5.91 Å². The van der Waals surface area contributed by atoms with Crippen LogP contribution in [0.25, 0.3) is 0 Å². The standard InChI is InChI=1S/C26H29N3O5.BrH/c1-29(18-24(30)27-23-14-16-34-28-23)15-8-9-20(17-29)19-33-25(31)26(32,21-10-4-2-5-11-21)22-12-6-3-7-13-22;/h2-7,10-14,16,20,32H,8-9,15,17-19H2,1H3;1H. The first-order chi connectivity index (χ1) is 16.4. The van der Waals surface area contributed by atoms with E-state index >= 15 is 0 Å². The highest BCUT2D eigenvalue weighted by Gasteiger charge is 2.42. The second-order valence-electron chi connectivity index (χ2n) is 9.17. The molecule has 2 atom stereocenters. The van der Waals surface area contributed by atoms with E-state index in [2.05, 4.69) is 10.5 Å². The van der Waals surface area contributed by atoms with Crippen molar-refractivity contribution in [1.82, 2.24) is 5.16 Å². The van der Waals surface area contributed by atoms with Gasteiger partial charge in [0, 0.05) is 12.0 Å². The number of nitrogens with zero attached hydrogens (tertiary/aromatic N) is 2. The molecule has 0 saturated carbocycles. The van der Waals surface area contributed by atoms with Gasteiger partial charge in [0.05, 0.1) is 26.7 Å². The molecule has 1 aliphatic heterocycles. The van der Waals surface area contributed by atoms with Crippen molar-refractivity contribution in [2.24, 2.45) is 5.92 Å². The fourth-order valence-corrected chi connectivity index (χ4v) is 4.71. The number of halogens is 1. The van der Waals surface area contributed by atoms with Crippen molar-refractivity contribution in [3.63, 3.8) is 0 Å². The number of esters is 1. The Morgan fingerprint density at radius 3 is 2.31 bits per heavy atom. The van der Waals surface area contributed by atoms with Crippen molar-refractivity contribution in [2.45, 2.75) is 18.4 Å². The van der Waals surface area contributed by atoms with E-state index < -0.39 is 11.6 Å². The number of aromatic nitrogens is 1. The smallest absolute Gasteiger partial charge is 0.347 e. The quantitative estimate of drug-likeness (QED) is 0.305. The summed E-state index contributed by atoms with van der Waals surface area (Å²) in [6.45, 7) is 2.01. The summed E-state index contributed by atoms with van der Waals surface area (Å²) in [5.74, 6) is -0.372. The van der Waals surface area contributed by atoms with Crippen molar-refractivity contribution >= 4 is 17.7 Å². The molecular weight excluding hydrogens is 514 g/mol. The molecule has 1 aromatic heterocycles. The first-order valence-corrected chi connectivity index (χ1v) is 11.4. The number of likely N-dealkylation sites (N-methyl/N-ethyl adjacent to an activating group) is 1. The summed E-state index contributed by atoms with van der Waals surface area (Å²) in [4.78, 5) is 25.7. The van der Waals surface area contributed by atoms with Crippen LogP contribution in [0.15, 0.2) is 77.5 Å². The van der Waals surface area contributed by atoms with E-state index in [4.69, 9.17) is 9.26 Å². The van der Waals surface area contributed by atoms with Crippen LogP contribution in [0.4, 0.5) is 5.82 Å². The average Bonchev–Trinajstić information content (AvgIpc) is 3.35. The molecule has 0 aliphatic carbocycles. The van der Waals surface area contributed by atoms with Crippen LogP contribution in [0.1, 0.15) is 24.0 Å². The maximum atomic E-state index is 13.3. The highest BCUT2D eigenvalue weighted by molar-refractivity contribution is 5.90. The minimum atomic E-state index is -1.90. The molecule has 9 heteroatoms. The predicted molar refractivity (Wildman–Crippen MR) is 125 cm³/mol. The lowest BCUT2D eigenvalue weighted by atomic mass is 9.86. The van der Waals surface area contributed by atoms with E-state index in [1.54, 1.807) is 54.6 Å². The summed E-state index contributed by atoms with van der Waals surface area (Å²) in [5.41, 5.74) is -0.979. The van der Waals surface area contributed by atoms with Crippen LogP contribution in [0, 0.1) is 5.92 Å². The van der Waals surface area contributed by atoms with E-state index in [0.717, 1.165) is 19.4 Å². The van der Waals surface area contributed by atoms with Crippen LogP contribution in [-0.2, 0) is 19.9 Å². The summed E-state index contributed by atoms with van der Waals surface area (Å²) in [6.07, 6.45) is 3.21. The monoisotopic (exact) mass is 543 g/mol. The van der Waals surface area contributed by atoms with Crippen molar-refractivity contribution in [2.75, 3.05) is 38.6 Å². The molecule has 35 heavy (non-hydrogen) atoms. The van der Waals surface area contributed by atoms with E-state index in [1.807, 2.05) is 19.2 Å². The molecule has 1 amide bonds. The van der Waals surface area contributed by atoms with Gasteiger partial charge in [0.1, 0.15) is 6.26 Å². The fraction of sp³-hybridized carbons (Fsp3) is 0.346. The number of anilines is 1. The second kappa shape index (κ2) is 11.6. The molecule has 4 rings (SSSR count). The molecule has 1 aliphatic rings. The minimum absolute atomic E-state index is 0. The molecule has 1 saturated heterocycles. The molecular formula is C26H30BrN3O5. The number of nitrogens with one attached hydrogen (secondary N) is 1. The maximum absolute atomic E-state index is 13.3. The molecule has 0 bridgehead atoms. The minimum Gasteiger partial charge on any atom is -1.00 e. The van der Waals surface area contributed by atoms with Crippen LogP contribution >= 0.6 is 0 Å². The van der Waals surface area contributed by atoms with E-state index in [9.17, 15) is 14.7 Å². The Bertz CT molecular complexity index is 1060. The fourth-order valence-electron chi connectivity index (χ4n) is 4.71. The molecule has 8 nitrogen and oxygen atoms in total. The van der Waals surface area contributed by atoms with Crippen molar-refractivity contribution in [3.8, 4) is 0 Å². The number of ether oxygens (including phenoxy) is 1. The van der Waals surface area contributed by atoms with Gasteiger partial charge in [-0.15, -0.1) is 0 Å². The number of benzene rings is 2. The Balaban J connectivity index is 0.00000342. The highest BCUT2D eigenvalue weighted by atomic mass is 79.9. The van der Waals surface area contributed by atoms with Crippen molar-refractivity contribution in [3.05, 3.63) is 84.1 Å². The maximum Gasteiger partial charge on any atom is 0.347 e. The Hall–Kier alpha value is -3.01. The number of carbonyl (C=O) groups excluding carboxylic acids is 2. The zero-order valence-electron chi connectivity index (χ0n) is 19.6. The normalized spacial score (nSPS) is 19.9. The van der Waals surface area contributed by atoms with Gasteiger partial charge in [-0.1, -0.05) is 65.8 Å². The van der Waals surface area contributed by atoms with Crippen LogP contribution in [-0.4, -0.2) is 59.9 Å². The van der Waals surface area contributed by atoms with Gasteiger partial charge in [-0.05, 0) is 24.0 Å². The number of aliphatic hydroxyl groups is 1. The molecule has 0 spiro atoms. The van der Waals surface area contributed by atoms with E-state index in [-0.39, 0.29) is 42.0 Å². The Morgan fingerprint density at radius 2 is 1.74 bits per heavy atom. The molecule has 2 unspecified atom stereocenters. The van der Waals surface area contributed by atoms with Gasteiger partial charge in [-0.3, -0.25) is 4.79 Å². The number of quaternary nitrogens is 1. The van der Waals surface area contributed by atoms with Gasteiger partial charge in [0.15, 0.2) is 12.4 Å². The van der Waals surface area contributed by atoms with Crippen LogP contribution in [0.5, 0.6) is 0 Å². The number of hydrogen-bond acceptors (Lipinski definition) is 6. The summed E-state index contributed by atoms with van der Waals surface area (Å²) < 4.78 is 11.0. The second-order valence-corrected chi connectivity index (χ2v) is 9.17. The van der Waals surface area contributed by atoms with Gasteiger partial charge < -0.3 is 41.1 Å². The first-order valence-electron chi connectivity index (χ1n) is 11.4. The van der Waals surface area contributed by atoms with E-state index in [0.29, 0.717) is 28.0 Å². The zero-order valence-corrected chi connectivity index (χ0v) is 21.2. The van der Waals surface area contributed by atoms with Crippen molar-refractivity contribution < 1.29 is 45.4 Å². The zero-order chi connectivity index (χ0) is 24.0. The summed E-state index contributed by atoms with van der Waals surface area (Å²) in [7, 11) is 2.03. The predicted octanol–water partition coefficient (Wildman–Crippen LogP) is -0.0470. The number of carbonyl (C=O) groups is 2. The van der Waals surface area contributed by atoms with Crippen molar-refractivity contribution in [1.29, 1.82) is 0 Å². The molecule has 1 fully saturated rings. The number of amides is 1. The number of piperidine rings is 1. The number of rotatable bonds is 8. The molecule has 3 aromatic rings. The lowest BCUT2D eigenvalue weighted by molar-refractivity contribution is -0.910. The Morgan fingerprint density at radius 1 is 1.11 bits per heavy atom. The number of likely N-dealkylation sites (tertiary alicyclic amines) is 1. The third-order valence-corrected chi connectivity index (χ3v) is 6.37. The molecule has 186 valence electrons. The third kappa shape index (κ3) is 6.36. The molecule has 2 aromatic carbocycles. The van der Waals surface area contributed by atoms with E-state index in [1.165, 1.54) is 6.26 Å². The van der Waals surface area contributed by atoms with Crippen LogP contribution in [0.3, 0.4) is 0 Å². The lowest BCUT2D eigenvalue weighted by Gasteiger charge is -2.40. The van der Waals surface area contributed by atoms with Gasteiger partial charge >= 0.3 is 5.97 Å². The number of hydrogen-bond donors (Lipinski definition) is 2. The van der Waals surface area contributed by atoms with Crippen LogP contribution in [0.2, 0.25) is 0 Å². The van der Waals surface area contributed by atoms with Gasteiger partial charge in [-0.25, -0.2) is 4.79 Å². The molecule has 2 heterocycles. The molecule has 2 N–H and O–H groups in total. The Kier molecular flexibility index (Phi) is 8.82. The van der Waals surface area contributed by atoms with Crippen LogP contribution < -0.4 is 22.3 Å². The largest absolute Gasteiger partial charge is 1.00 e. The first kappa shape index (κ1) is 26.6. The average molecular weight is 544 g/mol.